The largest absolute Gasteiger partial charge is 0.395 e. The van der Waals surface area contributed by atoms with Crippen molar-refractivity contribution in [1.82, 2.24) is 3.11 Å². The smallest absolute Gasteiger partial charge is 0.0566 e. The van der Waals surface area contributed by atoms with Gasteiger partial charge in [-0.1, -0.05) is 0 Å². The summed E-state index contributed by atoms with van der Waals surface area (Å²) in [5.41, 5.74) is 5.23. The third-order valence-electron chi connectivity index (χ3n) is 0.714. The first-order chi connectivity index (χ1) is 3.81. The van der Waals surface area contributed by atoms with Gasteiger partial charge in [-0.15, -0.1) is 0 Å². The van der Waals surface area contributed by atoms with E-state index in [9.17, 15) is 0 Å². The van der Waals surface area contributed by atoms with Crippen molar-refractivity contribution in [3.05, 3.63) is 0 Å². The van der Waals surface area contributed by atoms with Crippen LogP contribution in [0.25, 0.3) is 0 Å². The van der Waals surface area contributed by atoms with E-state index in [0.717, 1.165) is 6.54 Å². The molecule has 0 saturated carbocycles. The number of hydrogen-bond donors (Lipinski definition) is 2. The summed E-state index contributed by atoms with van der Waals surface area (Å²) in [4.78, 5) is 0. The first kappa shape index (κ1) is 8.61. The van der Waals surface area contributed by atoms with Gasteiger partial charge in [-0.3, -0.25) is 0 Å². The molecule has 0 aliphatic rings. The summed E-state index contributed by atoms with van der Waals surface area (Å²) in [5.74, 6) is 0. The van der Waals surface area contributed by atoms with E-state index in [1.807, 2.05) is 3.11 Å². The molecule has 3 nitrogen and oxygen atoms in total. The van der Waals surface area contributed by atoms with Gasteiger partial charge in [-0.05, 0) is 0 Å². The van der Waals surface area contributed by atoms with Crippen LogP contribution in [0.1, 0.15) is 0 Å². The Morgan fingerprint density at radius 1 is 1.50 bits per heavy atom. The van der Waals surface area contributed by atoms with Gasteiger partial charge in [0, 0.05) is 42.5 Å². The molecule has 0 radical (unpaired) electrons. The Labute approximate surface area is 63.3 Å². The van der Waals surface area contributed by atoms with Crippen molar-refractivity contribution < 1.29 is 5.11 Å². The number of nitrogens with zero attached hydrogens (tertiary/aromatic N) is 1. The number of rotatable bonds is 4. The molecule has 8 heavy (non-hydrogen) atoms. The molecule has 0 fully saturated rings. The fourth-order valence-electron chi connectivity index (χ4n) is 0.360. The lowest BCUT2D eigenvalue weighted by Crippen LogP contribution is -2.22. The predicted octanol–water partition coefficient (Wildman–Crippen LogP) is -0.411. The van der Waals surface area contributed by atoms with E-state index in [1.165, 1.54) is 0 Å². The minimum absolute atomic E-state index is 0.211. The highest BCUT2D eigenvalue weighted by atomic mass is 127. The number of hydrogen-bond acceptors (Lipinski definition) is 3. The van der Waals surface area contributed by atoms with Crippen molar-refractivity contribution in [3.8, 4) is 0 Å². The predicted molar refractivity (Wildman–Crippen MR) is 41.7 cm³/mol. The summed E-state index contributed by atoms with van der Waals surface area (Å²) < 4.78 is 1.96. The van der Waals surface area contributed by atoms with Gasteiger partial charge in [0.15, 0.2) is 0 Å². The topological polar surface area (TPSA) is 49.5 Å². The fraction of sp³-hybridized carbons (Fsp3) is 1.00. The van der Waals surface area contributed by atoms with E-state index < -0.39 is 0 Å². The minimum atomic E-state index is 0.211. The average Bonchev–Trinajstić information content (AvgIpc) is 1.68. The second-order valence-corrected chi connectivity index (χ2v) is 2.79. The molecule has 0 unspecified atom stereocenters. The molecular weight excluding hydrogens is 219 g/mol. The van der Waals surface area contributed by atoms with Crippen LogP contribution in [0.2, 0.25) is 0 Å². The van der Waals surface area contributed by atoms with Crippen LogP contribution in [-0.4, -0.2) is 34.5 Å². The van der Waals surface area contributed by atoms with Crippen LogP contribution in [0.4, 0.5) is 0 Å². The molecule has 0 heterocycles. The summed E-state index contributed by atoms with van der Waals surface area (Å²) in [6.45, 7) is 2.42. The minimum Gasteiger partial charge on any atom is -0.395 e. The lowest BCUT2D eigenvalue weighted by atomic mass is 10.6. The van der Waals surface area contributed by atoms with Crippen LogP contribution >= 0.6 is 22.9 Å². The third kappa shape index (κ3) is 4.76. The fourth-order valence-corrected chi connectivity index (χ4v) is 0.855. The zero-order valence-electron chi connectivity index (χ0n) is 4.68. The molecule has 0 aromatic carbocycles. The van der Waals surface area contributed by atoms with Gasteiger partial charge in [0.25, 0.3) is 0 Å². The van der Waals surface area contributed by atoms with Crippen LogP contribution < -0.4 is 5.73 Å². The van der Waals surface area contributed by atoms with E-state index in [2.05, 4.69) is 22.9 Å². The molecule has 0 aliphatic carbocycles. The summed E-state index contributed by atoms with van der Waals surface area (Å²) in [6.07, 6.45) is 0. The van der Waals surface area contributed by atoms with Crippen LogP contribution in [-0.2, 0) is 0 Å². The zero-order chi connectivity index (χ0) is 6.41. The molecule has 0 aromatic heterocycles. The van der Waals surface area contributed by atoms with Crippen LogP contribution in [0.15, 0.2) is 0 Å². The van der Waals surface area contributed by atoms with Crippen molar-refractivity contribution in [2.45, 2.75) is 0 Å². The molecule has 3 N–H and O–H groups in total. The number of aliphatic hydroxyl groups excluding tert-OH is 1. The maximum Gasteiger partial charge on any atom is 0.0566 e. The molecule has 0 spiro atoms. The van der Waals surface area contributed by atoms with Crippen LogP contribution in [0.5, 0.6) is 0 Å². The van der Waals surface area contributed by atoms with Crippen molar-refractivity contribution in [1.29, 1.82) is 0 Å². The molecule has 0 rings (SSSR count). The van der Waals surface area contributed by atoms with Crippen LogP contribution in [0, 0.1) is 0 Å². The quantitative estimate of drug-likeness (QED) is 0.509. The monoisotopic (exact) mass is 230 g/mol. The summed E-state index contributed by atoms with van der Waals surface area (Å²) in [7, 11) is 0. The van der Waals surface area contributed by atoms with Gasteiger partial charge in [-0.25, -0.2) is 3.11 Å². The molecule has 50 valence electrons. The maximum absolute atomic E-state index is 8.38. The van der Waals surface area contributed by atoms with Gasteiger partial charge >= 0.3 is 0 Å². The molecular formula is C4H11IN2O. The summed E-state index contributed by atoms with van der Waals surface area (Å²) in [6, 6.07) is 0. The Morgan fingerprint density at radius 3 is 2.50 bits per heavy atom. The Balaban J connectivity index is 2.92. The lowest BCUT2D eigenvalue weighted by molar-refractivity contribution is 0.270. The standard InChI is InChI=1S/C4H11IN2O/c5-7(2-1-6)3-4-8/h8H,1-4,6H2. The second kappa shape index (κ2) is 5.74. The Morgan fingerprint density at radius 2 is 2.12 bits per heavy atom. The number of aliphatic hydroxyl groups is 1. The molecule has 0 aliphatic heterocycles. The van der Waals surface area contributed by atoms with Crippen molar-refractivity contribution in [2.75, 3.05) is 26.2 Å². The van der Waals surface area contributed by atoms with Crippen LogP contribution in [0.3, 0.4) is 0 Å². The molecule has 0 aromatic rings. The van der Waals surface area contributed by atoms with Crippen molar-refractivity contribution in [2.24, 2.45) is 5.73 Å². The third-order valence-corrected chi connectivity index (χ3v) is 1.68. The first-order valence-electron chi connectivity index (χ1n) is 2.53. The Bertz CT molecular complexity index is 47.3. The highest BCUT2D eigenvalue weighted by molar-refractivity contribution is 14.1. The molecule has 0 atom stereocenters. The van der Waals surface area contributed by atoms with Crippen molar-refractivity contribution in [3.63, 3.8) is 0 Å². The molecule has 0 saturated heterocycles. The number of halogens is 1. The van der Waals surface area contributed by atoms with E-state index in [4.69, 9.17) is 10.8 Å². The highest BCUT2D eigenvalue weighted by Gasteiger charge is 1.93. The Hall–Kier alpha value is 0.610. The summed E-state index contributed by atoms with van der Waals surface area (Å²) >= 11 is 2.13. The van der Waals surface area contributed by atoms with E-state index in [0.29, 0.717) is 13.1 Å². The van der Waals surface area contributed by atoms with E-state index in [-0.39, 0.29) is 6.61 Å². The van der Waals surface area contributed by atoms with E-state index in [1.54, 1.807) is 0 Å². The van der Waals surface area contributed by atoms with Gasteiger partial charge in [-0.2, -0.15) is 0 Å². The average molecular weight is 230 g/mol. The lowest BCUT2D eigenvalue weighted by Gasteiger charge is -2.09. The summed E-state index contributed by atoms with van der Waals surface area (Å²) in [5, 5.41) is 8.38. The number of nitrogens with two attached hydrogens (primary N) is 1. The zero-order valence-corrected chi connectivity index (χ0v) is 6.84. The second-order valence-electron chi connectivity index (χ2n) is 1.42. The van der Waals surface area contributed by atoms with E-state index >= 15 is 0 Å². The van der Waals surface area contributed by atoms with Gasteiger partial charge < -0.3 is 10.8 Å². The maximum atomic E-state index is 8.38. The normalized spacial score (nSPS) is 10.5. The van der Waals surface area contributed by atoms with Crippen molar-refractivity contribution >= 4 is 22.9 Å². The molecule has 0 amide bonds. The molecule has 4 heteroatoms. The molecule has 0 bridgehead atoms. The van der Waals surface area contributed by atoms with Gasteiger partial charge in [0.1, 0.15) is 0 Å². The highest BCUT2D eigenvalue weighted by Crippen LogP contribution is 1.93. The Kier molecular flexibility index (Phi) is 6.18. The SMILES string of the molecule is NCCN(I)CCO. The first-order valence-corrected chi connectivity index (χ1v) is 3.49. The van der Waals surface area contributed by atoms with Gasteiger partial charge in [0.2, 0.25) is 0 Å². The van der Waals surface area contributed by atoms with Gasteiger partial charge in [0.05, 0.1) is 6.61 Å².